The number of hydrogen-bond donors (Lipinski definition) is 1. The Morgan fingerprint density at radius 1 is 0.833 bits per heavy atom. The lowest BCUT2D eigenvalue weighted by Crippen LogP contribution is -2.34. The van der Waals surface area contributed by atoms with Gasteiger partial charge in [-0.25, -0.2) is 0 Å². The van der Waals surface area contributed by atoms with Crippen molar-refractivity contribution in [2.24, 2.45) is 5.73 Å². The summed E-state index contributed by atoms with van der Waals surface area (Å²) < 4.78 is 0. The summed E-state index contributed by atoms with van der Waals surface area (Å²) in [4.78, 5) is 2.19. The molecule has 0 atom stereocenters. The SMILES string of the molecule is CC(C)(C)N.CN(C)C(C)(C)C. The molecule has 12 heavy (non-hydrogen) atoms. The first kappa shape index (κ1) is 14.4. The number of hydrogen-bond acceptors (Lipinski definition) is 2. The van der Waals surface area contributed by atoms with Gasteiger partial charge in [0.25, 0.3) is 0 Å². The van der Waals surface area contributed by atoms with Crippen LogP contribution >= 0.6 is 0 Å². The second-order valence-electron chi connectivity index (χ2n) is 5.43. The second-order valence-corrected chi connectivity index (χ2v) is 5.43. The summed E-state index contributed by atoms with van der Waals surface area (Å²) in [7, 11) is 4.17. The summed E-state index contributed by atoms with van der Waals surface area (Å²) in [6.45, 7) is 12.5. The summed E-state index contributed by atoms with van der Waals surface area (Å²) in [5.41, 5.74) is 5.69. The predicted octanol–water partition coefficient (Wildman–Crippen LogP) is 2.09. The Bertz CT molecular complexity index is 98.0. The van der Waals surface area contributed by atoms with E-state index in [0.717, 1.165) is 0 Å². The minimum atomic E-state index is 0. The Labute approximate surface area is 78.1 Å². The molecule has 0 aliphatic carbocycles. The monoisotopic (exact) mass is 174 g/mol. The lowest BCUT2D eigenvalue weighted by molar-refractivity contribution is 0.219. The van der Waals surface area contributed by atoms with Crippen molar-refractivity contribution in [2.45, 2.75) is 52.6 Å². The van der Waals surface area contributed by atoms with Gasteiger partial charge in [-0.1, -0.05) is 0 Å². The molecule has 0 saturated carbocycles. The van der Waals surface area contributed by atoms with E-state index in [4.69, 9.17) is 5.73 Å². The van der Waals surface area contributed by atoms with Crippen molar-refractivity contribution >= 4 is 0 Å². The van der Waals surface area contributed by atoms with Gasteiger partial charge in [0.1, 0.15) is 0 Å². The van der Waals surface area contributed by atoms with Gasteiger partial charge in [0.05, 0.1) is 0 Å². The molecule has 2 nitrogen and oxygen atoms in total. The van der Waals surface area contributed by atoms with Crippen molar-refractivity contribution in [3.8, 4) is 0 Å². The fourth-order valence-corrected chi connectivity index (χ4v) is 0. The van der Waals surface area contributed by atoms with Crippen molar-refractivity contribution in [1.82, 2.24) is 4.90 Å². The van der Waals surface area contributed by atoms with Crippen LogP contribution < -0.4 is 5.73 Å². The van der Waals surface area contributed by atoms with Crippen LogP contribution in [0.15, 0.2) is 0 Å². The highest BCUT2D eigenvalue weighted by Crippen LogP contribution is 2.05. The molecule has 0 heterocycles. The van der Waals surface area contributed by atoms with E-state index >= 15 is 0 Å². The molecular formula is C10H26N2. The van der Waals surface area contributed by atoms with Crippen molar-refractivity contribution in [2.75, 3.05) is 14.1 Å². The second kappa shape index (κ2) is 4.83. The minimum Gasteiger partial charge on any atom is -0.326 e. The molecule has 0 fully saturated rings. The Morgan fingerprint density at radius 2 is 0.917 bits per heavy atom. The molecule has 0 rings (SSSR count). The van der Waals surface area contributed by atoms with E-state index in [2.05, 4.69) is 39.8 Å². The smallest absolute Gasteiger partial charge is 0.0118 e. The maximum absolute atomic E-state index is 5.35. The summed E-state index contributed by atoms with van der Waals surface area (Å²) in [5.74, 6) is 0. The van der Waals surface area contributed by atoms with Crippen LogP contribution in [0.1, 0.15) is 41.5 Å². The number of rotatable bonds is 0. The highest BCUT2D eigenvalue weighted by molar-refractivity contribution is 4.68. The Morgan fingerprint density at radius 3 is 0.917 bits per heavy atom. The quantitative estimate of drug-likeness (QED) is 0.609. The van der Waals surface area contributed by atoms with Crippen molar-refractivity contribution in [1.29, 1.82) is 0 Å². The third kappa shape index (κ3) is 22.5. The maximum Gasteiger partial charge on any atom is 0.0118 e. The average Bonchev–Trinajstić information content (AvgIpc) is 1.55. The first-order valence-electron chi connectivity index (χ1n) is 4.41. The van der Waals surface area contributed by atoms with E-state index in [9.17, 15) is 0 Å². The molecule has 0 radical (unpaired) electrons. The van der Waals surface area contributed by atoms with Gasteiger partial charge in [-0.05, 0) is 55.6 Å². The molecule has 2 N–H and O–H groups in total. The van der Waals surface area contributed by atoms with E-state index in [1.165, 1.54) is 0 Å². The first-order valence-corrected chi connectivity index (χ1v) is 4.41. The zero-order chi connectivity index (χ0) is 10.6. The van der Waals surface area contributed by atoms with Gasteiger partial charge in [0, 0.05) is 11.1 Å². The largest absolute Gasteiger partial charge is 0.326 e. The van der Waals surface area contributed by atoms with Gasteiger partial charge >= 0.3 is 0 Å². The van der Waals surface area contributed by atoms with E-state index in [0.29, 0.717) is 5.54 Å². The molecule has 0 aromatic heterocycles. The highest BCUT2D eigenvalue weighted by Gasteiger charge is 2.10. The molecular weight excluding hydrogens is 148 g/mol. The van der Waals surface area contributed by atoms with Crippen LogP contribution in [-0.4, -0.2) is 30.1 Å². The van der Waals surface area contributed by atoms with E-state index in [1.54, 1.807) is 0 Å². The van der Waals surface area contributed by atoms with E-state index < -0.39 is 0 Å². The maximum atomic E-state index is 5.35. The fraction of sp³-hybridized carbons (Fsp3) is 1.00. The molecule has 76 valence electrons. The number of nitrogens with zero attached hydrogens (tertiary/aromatic N) is 1. The predicted molar refractivity (Wildman–Crippen MR) is 57.4 cm³/mol. The normalized spacial score (nSPS) is 12.5. The lowest BCUT2D eigenvalue weighted by Gasteiger charge is -2.27. The van der Waals surface area contributed by atoms with Gasteiger partial charge in [-0.15, -0.1) is 0 Å². The van der Waals surface area contributed by atoms with Crippen LogP contribution in [0.5, 0.6) is 0 Å². The molecule has 2 heteroatoms. The summed E-state index contributed by atoms with van der Waals surface area (Å²) >= 11 is 0. The van der Waals surface area contributed by atoms with Gasteiger partial charge in [0.2, 0.25) is 0 Å². The minimum absolute atomic E-state index is 0. The Kier molecular flexibility index (Phi) is 5.81. The third-order valence-corrected chi connectivity index (χ3v) is 1.34. The Hall–Kier alpha value is -0.0800. The molecule has 0 bridgehead atoms. The number of nitrogens with two attached hydrogens (primary N) is 1. The van der Waals surface area contributed by atoms with Crippen LogP contribution in [0.2, 0.25) is 0 Å². The molecule has 0 aromatic carbocycles. The van der Waals surface area contributed by atoms with Crippen LogP contribution in [0.3, 0.4) is 0 Å². The van der Waals surface area contributed by atoms with Crippen LogP contribution in [0.4, 0.5) is 0 Å². The molecule has 0 unspecified atom stereocenters. The Balaban J connectivity index is 0. The zero-order valence-electron chi connectivity index (χ0n) is 10.0. The molecule has 0 aliphatic rings. The van der Waals surface area contributed by atoms with Gasteiger partial charge in [0.15, 0.2) is 0 Å². The third-order valence-electron chi connectivity index (χ3n) is 1.34. The van der Waals surface area contributed by atoms with Gasteiger partial charge < -0.3 is 10.6 Å². The molecule has 0 aromatic rings. The first-order chi connectivity index (χ1) is 4.94. The van der Waals surface area contributed by atoms with Crippen molar-refractivity contribution < 1.29 is 0 Å². The van der Waals surface area contributed by atoms with Crippen molar-refractivity contribution in [3.05, 3.63) is 0 Å². The summed E-state index contributed by atoms with van der Waals surface area (Å²) in [6.07, 6.45) is 0. The van der Waals surface area contributed by atoms with Gasteiger partial charge in [-0.2, -0.15) is 0 Å². The van der Waals surface area contributed by atoms with Crippen LogP contribution in [0.25, 0.3) is 0 Å². The van der Waals surface area contributed by atoms with Crippen molar-refractivity contribution in [3.63, 3.8) is 0 Å². The van der Waals surface area contributed by atoms with E-state index in [1.807, 2.05) is 20.8 Å². The van der Waals surface area contributed by atoms with Gasteiger partial charge in [-0.3, -0.25) is 0 Å². The molecule has 0 saturated heterocycles. The zero-order valence-corrected chi connectivity index (χ0v) is 10.0. The molecule has 0 spiro atoms. The van der Waals surface area contributed by atoms with E-state index in [-0.39, 0.29) is 5.54 Å². The summed E-state index contributed by atoms with van der Waals surface area (Å²) in [6, 6.07) is 0. The highest BCUT2D eigenvalue weighted by atomic mass is 15.1. The lowest BCUT2D eigenvalue weighted by atomic mass is 10.1. The fourth-order valence-electron chi connectivity index (χ4n) is 0. The molecule has 0 amide bonds. The average molecular weight is 174 g/mol. The standard InChI is InChI=1S/C6H15N.C4H11N/c1-6(2,3)7(4)5;1-4(2,3)5/h1-5H3;5H2,1-3H3. The van der Waals surface area contributed by atoms with Crippen LogP contribution in [-0.2, 0) is 0 Å². The molecule has 0 aliphatic heterocycles. The topological polar surface area (TPSA) is 29.3 Å². The summed E-state index contributed by atoms with van der Waals surface area (Å²) in [5, 5.41) is 0. The van der Waals surface area contributed by atoms with Crippen LogP contribution in [0, 0.1) is 0 Å².